The second kappa shape index (κ2) is 6.11. The third-order valence-corrected chi connectivity index (χ3v) is 4.15. The molecule has 0 heterocycles. The Morgan fingerprint density at radius 1 is 1.40 bits per heavy atom. The van der Waals surface area contributed by atoms with Gasteiger partial charge in [0.1, 0.15) is 11.4 Å². The number of nitrogen functional groups attached to an aromatic ring is 1. The molecule has 4 N–H and O–H groups in total. The van der Waals surface area contributed by atoms with Gasteiger partial charge in [0.05, 0.1) is 11.4 Å². The fourth-order valence-electron chi connectivity index (χ4n) is 2.94. The van der Waals surface area contributed by atoms with Crippen LogP contribution in [-0.2, 0) is 0 Å². The van der Waals surface area contributed by atoms with Gasteiger partial charge >= 0.3 is 5.97 Å². The van der Waals surface area contributed by atoms with Gasteiger partial charge in [0.2, 0.25) is 0 Å². The van der Waals surface area contributed by atoms with Crippen molar-refractivity contribution in [1.29, 1.82) is 0 Å². The summed E-state index contributed by atoms with van der Waals surface area (Å²) in [6.45, 7) is 2.04. The second-order valence-electron chi connectivity index (χ2n) is 5.52. The molecule has 0 amide bonds. The Morgan fingerprint density at radius 2 is 2.05 bits per heavy atom. The minimum Gasteiger partial charge on any atom is -0.478 e. The van der Waals surface area contributed by atoms with Gasteiger partial charge in [0.15, 0.2) is 0 Å². The lowest BCUT2D eigenvalue weighted by Crippen LogP contribution is -2.28. The first-order valence-corrected chi connectivity index (χ1v) is 7.08. The van der Waals surface area contributed by atoms with Crippen molar-refractivity contribution in [2.45, 2.75) is 45.1 Å². The maximum absolute atomic E-state index is 13.4. The van der Waals surface area contributed by atoms with Crippen molar-refractivity contribution >= 4 is 17.3 Å². The van der Waals surface area contributed by atoms with E-state index in [1.54, 1.807) is 0 Å². The van der Waals surface area contributed by atoms with Gasteiger partial charge in [-0.05, 0) is 37.8 Å². The summed E-state index contributed by atoms with van der Waals surface area (Å²) in [5.74, 6) is -1.38. The number of carbonyl (C=O) groups is 1. The van der Waals surface area contributed by atoms with Crippen LogP contribution in [0.3, 0.4) is 0 Å². The van der Waals surface area contributed by atoms with Crippen molar-refractivity contribution in [2.24, 2.45) is 5.92 Å². The quantitative estimate of drug-likeness (QED) is 0.738. The molecule has 1 aliphatic rings. The number of nitrogens with one attached hydrogen (secondary N) is 1. The molecule has 20 heavy (non-hydrogen) atoms. The molecule has 0 aromatic heterocycles. The molecule has 0 radical (unpaired) electrons. The summed E-state index contributed by atoms with van der Waals surface area (Å²) in [6.07, 6.45) is 6.00. The summed E-state index contributed by atoms with van der Waals surface area (Å²) in [5.41, 5.74) is 5.46. The van der Waals surface area contributed by atoms with Gasteiger partial charge in [0.25, 0.3) is 0 Å². The number of halogens is 1. The first-order chi connectivity index (χ1) is 9.50. The van der Waals surface area contributed by atoms with Crippen LogP contribution in [0.4, 0.5) is 15.8 Å². The zero-order valence-electron chi connectivity index (χ0n) is 11.7. The average Bonchev–Trinajstić information content (AvgIpc) is 2.43. The van der Waals surface area contributed by atoms with E-state index in [1.165, 1.54) is 31.4 Å². The third kappa shape index (κ3) is 3.03. The Morgan fingerprint density at radius 3 is 2.65 bits per heavy atom. The van der Waals surface area contributed by atoms with E-state index < -0.39 is 11.8 Å². The Bertz CT molecular complexity index is 499. The average molecular weight is 280 g/mol. The summed E-state index contributed by atoms with van der Waals surface area (Å²) in [6, 6.07) is 2.81. The van der Waals surface area contributed by atoms with E-state index in [1.807, 2.05) is 6.92 Å². The second-order valence-corrected chi connectivity index (χ2v) is 5.52. The Labute approximate surface area is 118 Å². The van der Waals surface area contributed by atoms with Gasteiger partial charge in [0, 0.05) is 6.04 Å². The summed E-state index contributed by atoms with van der Waals surface area (Å²) in [4.78, 5) is 11.3. The number of rotatable bonds is 4. The monoisotopic (exact) mass is 280 g/mol. The first kappa shape index (κ1) is 14.6. The number of benzene rings is 1. The van der Waals surface area contributed by atoms with E-state index in [0.717, 1.165) is 12.8 Å². The van der Waals surface area contributed by atoms with Crippen LogP contribution < -0.4 is 11.1 Å². The van der Waals surface area contributed by atoms with Crippen LogP contribution in [0.15, 0.2) is 12.1 Å². The molecule has 0 bridgehead atoms. The van der Waals surface area contributed by atoms with E-state index in [0.29, 0.717) is 11.6 Å². The number of nitrogens with two attached hydrogens (primary N) is 1. The van der Waals surface area contributed by atoms with Gasteiger partial charge < -0.3 is 16.2 Å². The molecule has 1 aromatic carbocycles. The standard InChI is InChI=1S/C15H21FN2O2/c1-9(10-5-3-2-4-6-10)18-12-8-7-11(16)14(17)13(12)15(19)20/h7-10,18H,2-6,17H2,1H3,(H,19,20). The van der Waals surface area contributed by atoms with Crippen LogP contribution in [0.2, 0.25) is 0 Å². The molecule has 2 rings (SSSR count). The molecule has 1 atom stereocenters. The van der Waals surface area contributed by atoms with E-state index in [2.05, 4.69) is 5.32 Å². The third-order valence-electron chi connectivity index (χ3n) is 4.15. The molecule has 1 unspecified atom stereocenters. The smallest absolute Gasteiger partial charge is 0.340 e. The maximum atomic E-state index is 13.4. The van der Waals surface area contributed by atoms with Gasteiger partial charge in [-0.3, -0.25) is 0 Å². The molecule has 110 valence electrons. The van der Waals surface area contributed by atoms with Crippen molar-refractivity contribution in [2.75, 3.05) is 11.1 Å². The van der Waals surface area contributed by atoms with E-state index >= 15 is 0 Å². The predicted molar refractivity (Wildman–Crippen MR) is 77.4 cm³/mol. The minimum atomic E-state index is -1.21. The Hall–Kier alpha value is -1.78. The number of aromatic carboxylic acids is 1. The number of carboxylic acid groups (broad SMARTS) is 1. The molecule has 1 fully saturated rings. The molecule has 0 aliphatic heterocycles. The Balaban J connectivity index is 2.20. The molecule has 1 aliphatic carbocycles. The van der Waals surface area contributed by atoms with Crippen molar-refractivity contribution in [1.82, 2.24) is 0 Å². The lowest BCUT2D eigenvalue weighted by molar-refractivity contribution is 0.0698. The van der Waals surface area contributed by atoms with Crippen LogP contribution in [-0.4, -0.2) is 17.1 Å². The lowest BCUT2D eigenvalue weighted by Gasteiger charge is -2.29. The van der Waals surface area contributed by atoms with Gasteiger partial charge in [-0.25, -0.2) is 9.18 Å². The molecule has 0 saturated heterocycles. The van der Waals surface area contributed by atoms with Crippen molar-refractivity contribution in [3.63, 3.8) is 0 Å². The molecule has 4 nitrogen and oxygen atoms in total. The van der Waals surface area contributed by atoms with Crippen LogP contribution in [0.25, 0.3) is 0 Å². The van der Waals surface area contributed by atoms with Crippen LogP contribution in [0, 0.1) is 11.7 Å². The van der Waals surface area contributed by atoms with Crippen LogP contribution in [0.1, 0.15) is 49.4 Å². The highest BCUT2D eigenvalue weighted by Gasteiger charge is 2.23. The Kier molecular flexibility index (Phi) is 4.47. The van der Waals surface area contributed by atoms with Crippen LogP contribution in [0.5, 0.6) is 0 Å². The predicted octanol–water partition coefficient (Wildman–Crippen LogP) is 3.49. The van der Waals surface area contributed by atoms with Crippen LogP contribution >= 0.6 is 0 Å². The molecule has 1 saturated carbocycles. The van der Waals surface area contributed by atoms with E-state index in [-0.39, 0.29) is 17.3 Å². The highest BCUT2D eigenvalue weighted by molar-refractivity contribution is 6.00. The summed E-state index contributed by atoms with van der Waals surface area (Å²) >= 11 is 0. The summed E-state index contributed by atoms with van der Waals surface area (Å²) < 4.78 is 13.4. The fourth-order valence-corrected chi connectivity index (χ4v) is 2.94. The molecule has 0 spiro atoms. The number of hydrogen-bond donors (Lipinski definition) is 3. The number of anilines is 2. The maximum Gasteiger partial charge on any atom is 0.340 e. The minimum absolute atomic E-state index is 0.151. The van der Waals surface area contributed by atoms with Gasteiger partial charge in [-0.15, -0.1) is 0 Å². The van der Waals surface area contributed by atoms with Gasteiger partial charge in [-0.1, -0.05) is 19.3 Å². The van der Waals surface area contributed by atoms with Crippen molar-refractivity contribution in [3.05, 3.63) is 23.5 Å². The SMILES string of the molecule is CC(Nc1ccc(F)c(N)c1C(=O)O)C1CCCCC1. The van der Waals surface area contributed by atoms with E-state index in [4.69, 9.17) is 5.73 Å². The normalized spacial score (nSPS) is 17.7. The zero-order valence-corrected chi connectivity index (χ0v) is 11.7. The highest BCUT2D eigenvalue weighted by atomic mass is 19.1. The first-order valence-electron chi connectivity index (χ1n) is 7.08. The molecule has 5 heteroatoms. The fraction of sp³-hybridized carbons (Fsp3) is 0.533. The lowest BCUT2D eigenvalue weighted by atomic mass is 9.84. The largest absolute Gasteiger partial charge is 0.478 e. The summed E-state index contributed by atoms with van der Waals surface area (Å²) in [7, 11) is 0. The summed E-state index contributed by atoms with van der Waals surface area (Å²) in [5, 5.41) is 12.4. The zero-order chi connectivity index (χ0) is 14.7. The van der Waals surface area contributed by atoms with Crippen molar-refractivity contribution in [3.8, 4) is 0 Å². The van der Waals surface area contributed by atoms with E-state index in [9.17, 15) is 14.3 Å². The molecular formula is C15H21FN2O2. The topological polar surface area (TPSA) is 75.3 Å². The highest BCUT2D eigenvalue weighted by Crippen LogP contribution is 2.31. The van der Waals surface area contributed by atoms with Crippen molar-refractivity contribution < 1.29 is 14.3 Å². The number of hydrogen-bond acceptors (Lipinski definition) is 3. The molecule has 1 aromatic rings. The molecular weight excluding hydrogens is 259 g/mol. The van der Waals surface area contributed by atoms with Gasteiger partial charge in [-0.2, -0.15) is 0 Å². The number of carboxylic acids is 1.